The van der Waals surface area contributed by atoms with Crippen LogP contribution in [0.15, 0.2) is 37.1 Å². The molecule has 0 atom stereocenters. The molecule has 0 aliphatic heterocycles. The summed E-state index contributed by atoms with van der Waals surface area (Å²) in [5.41, 5.74) is 1.23. The van der Waals surface area contributed by atoms with E-state index in [1.807, 2.05) is 12.1 Å². The van der Waals surface area contributed by atoms with Crippen molar-refractivity contribution < 1.29 is 37.9 Å². The van der Waals surface area contributed by atoms with Gasteiger partial charge in [0.15, 0.2) is 0 Å². The second-order valence-corrected chi connectivity index (χ2v) is 5.12. The molecule has 0 spiro atoms. The highest BCUT2D eigenvalue weighted by atomic mass is 127. The monoisotopic (exact) mass is 405 g/mol. The van der Waals surface area contributed by atoms with Gasteiger partial charge >= 0.3 is 0 Å². The fraction of sp³-hybridized carbons (Fsp3) is 0.529. The molecule has 0 heterocycles. The summed E-state index contributed by atoms with van der Waals surface area (Å²) in [6.07, 6.45) is 1.52. The van der Waals surface area contributed by atoms with Gasteiger partial charge in [0.2, 0.25) is 0 Å². The van der Waals surface area contributed by atoms with Gasteiger partial charge in [-0.1, -0.05) is 18.7 Å². The van der Waals surface area contributed by atoms with Crippen molar-refractivity contribution in [3.05, 3.63) is 42.7 Å². The SMILES string of the molecule is C=COCC[N+](CC)(CC)CCOc1cccc(C)c1.[I-]. The van der Waals surface area contributed by atoms with Crippen molar-refractivity contribution in [2.45, 2.75) is 20.8 Å². The Hall–Kier alpha value is -0.750. The molecule has 0 aliphatic rings. The number of likely N-dealkylation sites (N-methyl/N-ethyl adjacent to an activating group) is 1. The Morgan fingerprint density at radius 1 is 1.14 bits per heavy atom. The number of rotatable bonds is 10. The summed E-state index contributed by atoms with van der Waals surface area (Å²) in [5.74, 6) is 0.956. The molecule has 0 unspecified atom stereocenters. The summed E-state index contributed by atoms with van der Waals surface area (Å²) in [7, 11) is 0. The van der Waals surface area contributed by atoms with Crippen LogP contribution < -0.4 is 28.7 Å². The summed E-state index contributed by atoms with van der Waals surface area (Å²) < 4.78 is 12.2. The van der Waals surface area contributed by atoms with Gasteiger partial charge in [0.05, 0.1) is 19.4 Å². The van der Waals surface area contributed by atoms with Crippen molar-refractivity contribution in [1.29, 1.82) is 0 Å². The van der Waals surface area contributed by atoms with E-state index in [1.165, 1.54) is 11.8 Å². The third kappa shape index (κ3) is 7.18. The molecule has 1 aromatic rings. The van der Waals surface area contributed by atoms with Crippen molar-refractivity contribution in [2.24, 2.45) is 0 Å². The van der Waals surface area contributed by atoms with Crippen LogP contribution >= 0.6 is 0 Å². The molecule has 0 aromatic heterocycles. The van der Waals surface area contributed by atoms with Crippen molar-refractivity contribution >= 4 is 0 Å². The molecular formula is C17H28INO2. The van der Waals surface area contributed by atoms with Crippen molar-refractivity contribution in [2.75, 3.05) is 39.4 Å². The quantitative estimate of drug-likeness (QED) is 0.243. The molecule has 0 saturated heterocycles. The summed E-state index contributed by atoms with van der Waals surface area (Å²) in [6.45, 7) is 15.8. The second-order valence-electron chi connectivity index (χ2n) is 5.12. The van der Waals surface area contributed by atoms with Gasteiger partial charge in [-0.15, -0.1) is 0 Å². The number of hydrogen-bond acceptors (Lipinski definition) is 2. The Bertz CT molecular complexity index is 406. The topological polar surface area (TPSA) is 18.5 Å². The Morgan fingerprint density at radius 2 is 1.81 bits per heavy atom. The maximum Gasteiger partial charge on any atom is 0.137 e. The molecule has 0 bridgehead atoms. The Labute approximate surface area is 146 Å². The third-order valence-electron chi connectivity index (χ3n) is 3.97. The van der Waals surface area contributed by atoms with Gasteiger partial charge < -0.3 is 37.9 Å². The number of ether oxygens (including phenoxy) is 2. The molecule has 0 saturated carbocycles. The number of halogens is 1. The Morgan fingerprint density at radius 3 is 2.38 bits per heavy atom. The minimum Gasteiger partial charge on any atom is -1.00 e. The van der Waals surface area contributed by atoms with Gasteiger partial charge in [-0.3, -0.25) is 0 Å². The molecule has 0 radical (unpaired) electrons. The second kappa shape index (κ2) is 10.9. The van der Waals surface area contributed by atoms with Crippen molar-refractivity contribution in [1.82, 2.24) is 0 Å². The first kappa shape index (κ1) is 20.2. The molecule has 1 aromatic carbocycles. The largest absolute Gasteiger partial charge is 1.00 e. The lowest BCUT2D eigenvalue weighted by Crippen LogP contribution is -3.00. The van der Waals surface area contributed by atoms with Crippen LogP contribution in [0.2, 0.25) is 0 Å². The highest BCUT2D eigenvalue weighted by Gasteiger charge is 2.22. The van der Waals surface area contributed by atoms with E-state index in [4.69, 9.17) is 9.47 Å². The van der Waals surface area contributed by atoms with Crippen LogP contribution in [0.1, 0.15) is 19.4 Å². The molecule has 1 rings (SSSR count). The Balaban J connectivity index is 0.00000400. The van der Waals surface area contributed by atoms with Crippen LogP contribution in [-0.2, 0) is 4.74 Å². The Kier molecular flexibility index (Phi) is 10.5. The lowest BCUT2D eigenvalue weighted by Gasteiger charge is -2.36. The normalized spacial score (nSPS) is 10.6. The average Bonchev–Trinajstić information content (AvgIpc) is 2.46. The number of nitrogens with zero attached hydrogens (tertiary/aromatic N) is 1. The highest BCUT2D eigenvalue weighted by molar-refractivity contribution is 5.27. The van der Waals surface area contributed by atoms with Crippen LogP contribution in [-0.4, -0.2) is 43.9 Å². The van der Waals surface area contributed by atoms with E-state index in [1.54, 1.807) is 0 Å². The fourth-order valence-corrected chi connectivity index (χ4v) is 2.36. The first-order valence-corrected chi connectivity index (χ1v) is 7.43. The van der Waals surface area contributed by atoms with E-state index in [0.717, 1.165) is 49.6 Å². The standard InChI is InChI=1S/C17H28NO2.HI/c1-5-18(6-2,11-13-19-7-3)12-14-20-17-10-8-9-16(4)15-17;/h7-10,15H,3,5-6,11-14H2,1-2,4H3;1H/q+1;/p-1. The maximum absolute atomic E-state index is 5.88. The zero-order chi connectivity index (χ0) is 14.8. The molecule has 4 heteroatoms. The third-order valence-corrected chi connectivity index (χ3v) is 3.97. The summed E-state index contributed by atoms with van der Waals surface area (Å²) >= 11 is 0. The highest BCUT2D eigenvalue weighted by Crippen LogP contribution is 2.13. The van der Waals surface area contributed by atoms with Crippen LogP contribution in [0.5, 0.6) is 5.75 Å². The molecule has 0 aliphatic carbocycles. The van der Waals surface area contributed by atoms with Gasteiger partial charge in [-0.25, -0.2) is 0 Å². The van der Waals surface area contributed by atoms with Crippen LogP contribution in [0.25, 0.3) is 0 Å². The molecule has 0 amide bonds. The summed E-state index contributed by atoms with van der Waals surface area (Å²) in [4.78, 5) is 0. The molecule has 3 nitrogen and oxygen atoms in total. The van der Waals surface area contributed by atoms with Crippen LogP contribution in [0, 0.1) is 6.92 Å². The van der Waals surface area contributed by atoms with E-state index in [0.29, 0.717) is 0 Å². The van der Waals surface area contributed by atoms with Gasteiger partial charge in [0.1, 0.15) is 32.1 Å². The summed E-state index contributed by atoms with van der Waals surface area (Å²) in [6, 6.07) is 8.20. The van der Waals surface area contributed by atoms with Crippen molar-refractivity contribution in [3.63, 3.8) is 0 Å². The van der Waals surface area contributed by atoms with Gasteiger partial charge in [-0.2, -0.15) is 0 Å². The lowest BCUT2D eigenvalue weighted by molar-refractivity contribution is -0.925. The zero-order valence-corrected chi connectivity index (χ0v) is 15.6. The van der Waals surface area contributed by atoms with Gasteiger partial charge in [0.25, 0.3) is 0 Å². The predicted molar refractivity (Wildman–Crippen MR) is 83.9 cm³/mol. The summed E-state index contributed by atoms with van der Waals surface area (Å²) in [5, 5.41) is 0. The van der Waals surface area contributed by atoms with Gasteiger partial charge in [0, 0.05) is 0 Å². The first-order valence-electron chi connectivity index (χ1n) is 7.43. The minimum absolute atomic E-state index is 0. The van der Waals surface area contributed by atoms with Gasteiger partial charge in [-0.05, 0) is 38.5 Å². The van der Waals surface area contributed by atoms with Crippen LogP contribution in [0.3, 0.4) is 0 Å². The molecule has 120 valence electrons. The predicted octanol–water partition coefficient (Wildman–Crippen LogP) is 0.395. The molecule has 0 fully saturated rings. The van der Waals surface area contributed by atoms with E-state index in [2.05, 4.69) is 39.5 Å². The number of hydrogen-bond donors (Lipinski definition) is 0. The minimum atomic E-state index is 0. The number of quaternary nitrogens is 1. The fourth-order valence-electron chi connectivity index (χ4n) is 2.36. The number of aryl methyl sites for hydroxylation is 1. The smallest absolute Gasteiger partial charge is 0.137 e. The first-order chi connectivity index (χ1) is 9.65. The average molecular weight is 405 g/mol. The lowest BCUT2D eigenvalue weighted by atomic mass is 10.2. The molecule has 0 N–H and O–H groups in total. The molecular weight excluding hydrogens is 377 g/mol. The zero-order valence-electron chi connectivity index (χ0n) is 13.5. The maximum atomic E-state index is 5.88. The van der Waals surface area contributed by atoms with Crippen LogP contribution in [0.4, 0.5) is 0 Å². The van der Waals surface area contributed by atoms with E-state index < -0.39 is 0 Å². The number of benzene rings is 1. The van der Waals surface area contributed by atoms with E-state index in [9.17, 15) is 0 Å². The van der Waals surface area contributed by atoms with Crippen molar-refractivity contribution in [3.8, 4) is 5.75 Å². The van der Waals surface area contributed by atoms with E-state index >= 15 is 0 Å². The van der Waals surface area contributed by atoms with E-state index in [-0.39, 0.29) is 24.0 Å². The molecule has 21 heavy (non-hydrogen) atoms.